The van der Waals surface area contributed by atoms with E-state index in [1.54, 1.807) is 0 Å². The van der Waals surface area contributed by atoms with Crippen molar-refractivity contribution in [2.45, 2.75) is 19.9 Å². The first-order valence-corrected chi connectivity index (χ1v) is 4.42. The zero-order chi connectivity index (χ0) is 9.26. The minimum absolute atomic E-state index is 0.724. The SMILES string of the molecule is CCC1=NCc2ccc(C#N)cc21. The van der Waals surface area contributed by atoms with Crippen LogP contribution in [0.4, 0.5) is 0 Å². The first-order chi connectivity index (χ1) is 6.35. The van der Waals surface area contributed by atoms with Gasteiger partial charge < -0.3 is 0 Å². The molecule has 2 heteroatoms. The maximum Gasteiger partial charge on any atom is 0.0991 e. The van der Waals surface area contributed by atoms with Crippen LogP contribution in [0.15, 0.2) is 23.2 Å². The molecule has 1 aliphatic heterocycles. The number of benzene rings is 1. The predicted octanol–water partition coefficient (Wildman–Crippen LogP) is 2.27. The molecule has 1 aromatic carbocycles. The van der Waals surface area contributed by atoms with E-state index in [1.165, 1.54) is 11.1 Å². The Kier molecular flexibility index (Phi) is 1.86. The van der Waals surface area contributed by atoms with Crippen LogP contribution in [0.1, 0.15) is 30.0 Å². The van der Waals surface area contributed by atoms with Crippen LogP contribution in [0.2, 0.25) is 0 Å². The molecule has 0 bridgehead atoms. The molecular weight excluding hydrogens is 160 g/mol. The van der Waals surface area contributed by atoms with Crippen LogP contribution < -0.4 is 0 Å². The summed E-state index contributed by atoms with van der Waals surface area (Å²) in [5.74, 6) is 0. The molecule has 0 aliphatic carbocycles. The average molecular weight is 170 g/mol. The van der Waals surface area contributed by atoms with Crippen LogP contribution in [-0.4, -0.2) is 5.71 Å². The second-order valence-electron chi connectivity index (χ2n) is 3.10. The Morgan fingerprint density at radius 3 is 3.08 bits per heavy atom. The zero-order valence-electron chi connectivity index (χ0n) is 7.54. The maximum atomic E-state index is 8.74. The first kappa shape index (κ1) is 8.00. The van der Waals surface area contributed by atoms with Gasteiger partial charge in [0.15, 0.2) is 0 Å². The van der Waals surface area contributed by atoms with E-state index in [4.69, 9.17) is 5.26 Å². The Bertz CT molecular complexity index is 411. The highest BCUT2D eigenvalue weighted by Crippen LogP contribution is 2.21. The van der Waals surface area contributed by atoms with Crippen LogP contribution in [-0.2, 0) is 6.54 Å². The molecule has 0 fully saturated rings. The third-order valence-electron chi connectivity index (χ3n) is 2.33. The Labute approximate surface area is 77.5 Å². The lowest BCUT2D eigenvalue weighted by Crippen LogP contribution is -1.96. The number of hydrogen-bond donors (Lipinski definition) is 0. The lowest BCUT2D eigenvalue weighted by molar-refractivity contribution is 1.10. The van der Waals surface area contributed by atoms with Gasteiger partial charge in [0.25, 0.3) is 0 Å². The fourth-order valence-corrected chi connectivity index (χ4v) is 1.62. The van der Waals surface area contributed by atoms with Crippen molar-refractivity contribution in [2.75, 3.05) is 0 Å². The summed E-state index contributed by atoms with van der Waals surface area (Å²) in [7, 11) is 0. The van der Waals surface area contributed by atoms with Crippen LogP contribution in [0.5, 0.6) is 0 Å². The molecular formula is C11H10N2. The van der Waals surface area contributed by atoms with Crippen molar-refractivity contribution < 1.29 is 0 Å². The van der Waals surface area contributed by atoms with Crippen molar-refractivity contribution in [3.8, 4) is 6.07 Å². The zero-order valence-corrected chi connectivity index (χ0v) is 7.54. The van der Waals surface area contributed by atoms with Crippen molar-refractivity contribution in [3.63, 3.8) is 0 Å². The van der Waals surface area contributed by atoms with Crippen LogP contribution in [0.3, 0.4) is 0 Å². The molecule has 0 radical (unpaired) electrons. The van der Waals surface area contributed by atoms with Crippen LogP contribution in [0.25, 0.3) is 0 Å². The fourth-order valence-electron chi connectivity index (χ4n) is 1.62. The molecule has 0 amide bonds. The molecule has 2 nitrogen and oxygen atoms in total. The summed E-state index contributed by atoms with van der Waals surface area (Å²) >= 11 is 0. The van der Waals surface area contributed by atoms with Gasteiger partial charge in [-0.1, -0.05) is 13.0 Å². The van der Waals surface area contributed by atoms with Gasteiger partial charge in [-0.2, -0.15) is 5.26 Å². The standard InChI is InChI=1S/C11H10N2/c1-2-11-10-5-8(6-12)3-4-9(10)7-13-11/h3-5H,2,7H2,1H3. The van der Waals surface area contributed by atoms with E-state index in [0.717, 1.165) is 24.2 Å². The van der Waals surface area contributed by atoms with Gasteiger partial charge in [0.05, 0.1) is 18.2 Å². The normalized spacial score (nSPS) is 13.4. The van der Waals surface area contributed by atoms with Crippen molar-refractivity contribution in [3.05, 3.63) is 34.9 Å². The van der Waals surface area contributed by atoms with Gasteiger partial charge in [0, 0.05) is 11.3 Å². The molecule has 0 spiro atoms. The molecule has 1 aliphatic rings. The molecule has 0 atom stereocenters. The molecule has 1 heterocycles. The number of rotatable bonds is 1. The number of hydrogen-bond acceptors (Lipinski definition) is 2. The first-order valence-electron chi connectivity index (χ1n) is 4.42. The predicted molar refractivity (Wildman–Crippen MR) is 51.7 cm³/mol. The van der Waals surface area contributed by atoms with E-state index in [9.17, 15) is 0 Å². The number of nitriles is 1. The lowest BCUT2D eigenvalue weighted by atomic mass is 10.0. The smallest absolute Gasteiger partial charge is 0.0991 e. The second-order valence-corrected chi connectivity index (χ2v) is 3.10. The topological polar surface area (TPSA) is 36.1 Å². The van der Waals surface area contributed by atoms with Gasteiger partial charge in [-0.3, -0.25) is 4.99 Å². The second kappa shape index (κ2) is 3.02. The summed E-state index contributed by atoms with van der Waals surface area (Å²) in [5.41, 5.74) is 4.27. The van der Waals surface area contributed by atoms with Gasteiger partial charge in [0.2, 0.25) is 0 Å². The molecule has 2 rings (SSSR count). The third-order valence-corrected chi connectivity index (χ3v) is 2.33. The number of fused-ring (bicyclic) bond motifs is 1. The molecule has 64 valence electrons. The lowest BCUT2D eigenvalue weighted by Gasteiger charge is -2.00. The summed E-state index contributed by atoms with van der Waals surface area (Å²) in [4.78, 5) is 4.40. The monoisotopic (exact) mass is 170 g/mol. The Balaban J connectivity index is 2.51. The highest BCUT2D eigenvalue weighted by Gasteiger charge is 2.13. The maximum absolute atomic E-state index is 8.74. The van der Waals surface area contributed by atoms with Crippen molar-refractivity contribution in [1.29, 1.82) is 5.26 Å². The molecule has 1 aromatic rings. The summed E-state index contributed by atoms with van der Waals surface area (Å²) < 4.78 is 0. The fraction of sp³-hybridized carbons (Fsp3) is 0.273. The highest BCUT2D eigenvalue weighted by molar-refractivity contribution is 6.03. The summed E-state index contributed by atoms with van der Waals surface area (Å²) in [6.45, 7) is 2.87. The van der Waals surface area contributed by atoms with Crippen molar-refractivity contribution in [2.24, 2.45) is 4.99 Å². The quantitative estimate of drug-likeness (QED) is 0.636. The molecule has 0 saturated carbocycles. The van der Waals surface area contributed by atoms with E-state index in [1.807, 2.05) is 18.2 Å². The summed E-state index contributed by atoms with van der Waals surface area (Å²) in [6, 6.07) is 7.94. The molecule has 0 aromatic heterocycles. The number of aliphatic imine (C=N–C) groups is 1. The Morgan fingerprint density at radius 1 is 1.54 bits per heavy atom. The van der Waals surface area contributed by atoms with Crippen molar-refractivity contribution in [1.82, 2.24) is 0 Å². The molecule has 0 N–H and O–H groups in total. The number of nitrogens with zero attached hydrogens (tertiary/aromatic N) is 2. The molecule has 0 saturated heterocycles. The highest BCUT2D eigenvalue weighted by atomic mass is 14.8. The average Bonchev–Trinajstić information content (AvgIpc) is 2.59. The van der Waals surface area contributed by atoms with E-state index in [2.05, 4.69) is 18.0 Å². The third kappa shape index (κ3) is 1.23. The minimum atomic E-state index is 0.724. The molecule has 13 heavy (non-hydrogen) atoms. The van der Waals surface area contributed by atoms with Crippen LogP contribution >= 0.6 is 0 Å². The van der Waals surface area contributed by atoms with Crippen LogP contribution in [0, 0.1) is 11.3 Å². The van der Waals surface area contributed by atoms with Gasteiger partial charge in [-0.05, 0) is 24.1 Å². The van der Waals surface area contributed by atoms with Crippen molar-refractivity contribution >= 4 is 5.71 Å². The Hall–Kier alpha value is -1.62. The van der Waals surface area contributed by atoms with E-state index in [-0.39, 0.29) is 0 Å². The van der Waals surface area contributed by atoms with E-state index in [0.29, 0.717) is 0 Å². The van der Waals surface area contributed by atoms with Gasteiger partial charge in [-0.15, -0.1) is 0 Å². The summed E-state index contributed by atoms with van der Waals surface area (Å²) in [6.07, 6.45) is 0.946. The van der Waals surface area contributed by atoms with Gasteiger partial charge in [0.1, 0.15) is 0 Å². The minimum Gasteiger partial charge on any atom is -0.284 e. The van der Waals surface area contributed by atoms with E-state index < -0.39 is 0 Å². The van der Waals surface area contributed by atoms with Gasteiger partial charge >= 0.3 is 0 Å². The summed E-state index contributed by atoms with van der Waals surface area (Å²) in [5, 5.41) is 8.74. The van der Waals surface area contributed by atoms with E-state index >= 15 is 0 Å². The molecule has 0 unspecified atom stereocenters. The largest absolute Gasteiger partial charge is 0.284 e. The Morgan fingerprint density at radius 2 is 2.38 bits per heavy atom. The van der Waals surface area contributed by atoms with Gasteiger partial charge in [-0.25, -0.2) is 0 Å².